The molecule has 0 radical (unpaired) electrons. The fraction of sp³-hybridized carbons (Fsp3) is 0.481. The van der Waals surface area contributed by atoms with Crippen LogP contribution in [0.15, 0.2) is 29.1 Å². The minimum Gasteiger partial charge on any atom is -0.375 e. The highest BCUT2D eigenvalue weighted by molar-refractivity contribution is 5.88. The number of halogens is 3. The van der Waals surface area contributed by atoms with E-state index >= 15 is 4.39 Å². The van der Waals surface area contributed by atoms with Crippen LogP contribution in [0.3, 0.4) is 0 Å². The third-order valence-electron chi connectivity index (χ3n) is 7.23. The largest absolute Gasteiger partial charge is 0.375 e. The SMILES string of the molecule is Cc1nc2c3cc(C4(C#N)CC4)c(=O)n(c3n1)CCCCCOCC(F)(F)c1cccc(c1F)[C@@H](C)N2. The Morgan fingerprint density at radius 1 is 1.19 bits per heavy atom. The molecule has 1 N–H and O–H groups in total. The number of rotatable bonds is 1. The normalized spacial score (nSPS) is 21.1. The van der Waals surface area contributed by atoms with Gasteiger partial charge < -0.3 is 10.1 Å². The minimum absolute atomic E-state index is 0.0511. The van der Waals surface area contributed by atoms with E-state index in [4.69, 9.17) is 4.74 Å². The number of aromatic nitrogens is 3. The number of hydrogen-bond donors (Lipinski definition) is 1. The molecule has 7 nitrogen and oxygen atoms in total. The molecule has 1 aromatic carbocycles. The maximum atomic E-state index is 15.4. The molecule has 2 aliphatic rings. The predicted molar refractivity (Wildman–Crippen MR) is 132 cm³/mol. The van der Waals surface area contributed by atoms with Gasteiger partial charge in [-0.3, -0.25) is 9.36 Å². The third kappa shape index (κ3) is 4.57. The van der Waals surface area contributed by atoms with E-state index in [0.717, 1.165) is 6.07 Å². The average molecular weight is 512 g/mol. The molecule has 2 aromatic heterocycles. The van der Waals surface area contributed by atoms with Crippen LogP contribution in [-0.2, 0) is 22.6 Å². The average Bonchev–Trinajstić information content (AvgIpc) is 3.65. The monoisotopic (exact) mass is 511 g/mol. The van der Waals surface area contributed by atoms with E-state index in [2.05, 4.69) is 21.4 Å². The molecule has 1 aliphatic carbocycles. The number of nitriles is 1. The zero-order valence-electron chi connectivity index (χ0n) is 20.8. The van der Waals surface area contributed by atoms with E-state index in [1.165, 1.54) is 12.1 Å². The molecule has 194 valence electrons. The van der Waals surface area contributed by atoms with Gasteiger partial charge in [0.25, 0.3) is 11.5 Å². The highest BCUT2D eigenvalue weighted by Crippen LogP contribution is 2.47. The van der Waals surface area contributed by atoms with E-state index in [9.17, 15) is 18.8 Å². The van der Waals surface area contributed by atoms with Gasteiger partial charge in [-0.15, -0.1) is 0 Å². The van der Waals surface area contributed by atoms with Crippen molar-refractivity contribution in [2.24, 2.45) is 0 Å². The number of nitrogens with one attached hydrogen (secondary N) is 1. The Labute approximate surface area is 212 Å². The second-order valence-corrected chi connectivity index (χ2v) is 9.96. The van der Waals surface area contributed by atoms with Crippen molar-refractivity contribution in [3.63, 3.8) is 0 Å². The van der Waals surface area contributed by atoms with Crippen LogP contribution in [-0.4, -0.2) is 27.7 Å². The molecular formula is C27H28F3N5O2. The standard InChI is InChI=1S/C27H28F3N5O2/c1-16-18-7-6-8-20(22(18)28)27(29,30)15-37-12-5-3-4-11-35-24-19(23(32-16)33-17(2)34-24)13-21(25(35)36)26(14-31)9-10-26/h6-8,13,16H,3-5,9-12,15H2,1-2H3,(H,32,33,34)/t16-/m1/s1. The Morgan fingerprint density at radius 2 is 1.97 bits per heavy atom. The Kier molecular flexibility index (Phi) is 6.44. The van der Waals surface area contributed by atoms with E-state index in [1.807, 2.05) is 0 Å². The lowest BCUT2D eigenvalue weighted by atomic mass is 9.97. The van der Waals surface area contributed by atoms with E-state index in [0.29, 0.717) is 66.9 Å². The number of pyridine rings is 1. The van der Waals surface area contributed by atoms with Crippen LogP contribution in [0.1, 0.15) is 67.6 Å². The van der Waals surface area contributed by atoms with Crippen LogP contribution in [0.2, 0.25) is 0 Å². The molecule has 1 atom stereocenters. The van der Waals surface area contributed by atoms with Crippen LogP contribution in [0.25, 0.3) is 11.0 Å². The molecule has 6 bridgehead atoms. The van der Waals surface area contributed by atoms with E-state index in [-0.39, 0.29) is 17.7 Å². The number of aryl methyl sites for hydroxylation is 2. The minimum atomic E-state index is -3.49. The number of alkyl halides is 2. The van der Waals surface area contributed by atoms with Crippen molar-refractivity contribution in [1.29, 1.82) is 5.26 Å². The Bertz CT molecular complexity index is 1460. The topological polar surface area (TPSA) is 92.8 Å². The fourth-order valence-corrected chi connectivity index (χ4v) is 4.96. The van der Waals surface area contributed by atoms with Crippen LogP contribution in [0.5, 0.6) is 0 Å². The fourth-order valence-electron chi connectivity index (χ4n) is 4.96. The molecule has 3 aromatic rings. The van der Waals surface area contributed by atoms with Crippen molar-refractivity contribution >= 4 is 16.9 Å². The summed E-state index contributed by atoms with van der Waals surface area (Å²) in [7, 11) is 0. The summed E-state index contributed by atoms with van der Waals surface area (Å²) in [6.45, 7) is 2.87. The van der Waals surface area contributed by atoms with Gasteiger partial charge >= 0.3 is 0 Å². The first kappa shape index (κ1) is 25.2. The molecular weight excluding hydrogens is 483 g/mol. The number of fused-ring (bicyclic) bond motifs is 2. The van der Waals surface area contributed by atoms with Crippen LogP contribution >= 0.6 is 0 Å². The molecule has 37 heavy (non-hydrogen) atoms. The van der Waals surface area contributed by atoms with Crippen molar-refractivity contribution in [3.8, 4) is 6.07 Å². The highest BCUT2D eigenvalue weighted by Gasteiger charge is 2.47. The summed E-state index contributed by atoms with van der Waals surface area (Å²) < 4.78 is 51.9. The van der Waals surface area contributed by atoms with Gasteiger partial charge in [-0.2, -0.15) is 14.0 Å². The third-order valence-corrected chi connectivity index (χ3v) is 7.23. The van der Waals surface area contributed by atoms with Gasteiger partial charge in [-0.05, 0) is 58.1 Å². The molecule has 10 heteroatoms. The molecule has 1 aliphatic heterocycles. The van der Waals surface area contributed by atoms with E-state index < -0.39 is 35.4 Å². The lowest BCUT2D eigenvalue weighted by Crippen LogP contribution is -2.29. The van der Waals surface area contributed by atoms with Gasteiger partial charge in [-0.25, -0.2) is 14.4 Å². The summed E-state index contributed by atoms with van der Waals surface area (Å²) in [6, 6.07) is 7.16. The summed E-state index contributed by atoms with van der Waals surface area (Å²) >= 11 is 0. The van der Waals surface area contributed by atoms with Crippen molar-refractivity contribution in [3.05, 3.63) is 63.0 Å². The maximum absolute atomic E-state index is 15.4. The first-order chi connectivity index (χ1) is 17.7. The molecule has 0 amide bonds. The second-order valence-electron chi connectivity index (χ2n) is 9.96. The van der Waals surface area contributed by atoms with Gasteiger partial charge in [-0.1, -0.05) is 12.1 Å². The van der Waals surface area contributed by atoms with Crippen LogP contribution in [0.4, 0.5) is 19.0 Å². The summed E-state index contributed by atoms with van der Waals surface area (Å²) in [5, 5.41) is 13.5. The van der Waals surface area contributed by atoms with Gasteiger partial charge in [0.1, 0.15) is 29.7 Å². The Morgan fingerprint density at radius 3 is 2.70 bits per heavy atom. The molecule has 0 spiro atoms. The number of hydrogen-bond acceptors (Lipinski definition) is 6. The first-order valence-corrected chi connectivity index (χ1v) is 12.5. The second kappa shape index (κ2) is 9.45. The molecule has 0 saturated heterocycles. The first-order valence-electron chi connectivity index (χ1n) is 12.5. The lowest BCUT2D eigenvalue weighted by molar-refractivity contribution is -0.0853. The van der Waals surface area contributed by atoms with Crippen LogP contribution in [0, 0.1) is 24.1 Å². The number of benzene rings is 1. The highest BCUT2D eigenvalue weighted by atomic mass is 19.3. The van der Waals surface area contributed by atoms with Crippen molar-refractivity contribution < 1.29 is 17.9 Å². The summed E-state index contributed by atoms with van der Waals surface area (Å²) in [5.41, 5.74) is -0.927. The summed E-state index contributed by atoms with van der Waals surface area (Å²) in [5.74, 6) is -3.74. The van der Waals surface area contributed by atoms with Crippen molar-refractivity contribution in [2.75, 3.05) is 18.5 Å². The Balaban J connectivity index is 1.69. The van der Waals surface area contributed by atoms with Gasteiger partial charge in [0, 0.05) is 24.3 Å². The number of ether oxygens (including phenoxy) is 1. The number of anilines is 1. The van der Waals surface area contributed by atoms with Crippen LogP contribution < -0.4 is 10.9 Å². The summed E-state index contributed by atoms with van der Waals surface area (Å²) in [4.78, 5) is 22.6. The van der Waals surface area contributed by atoms with Crippen molar-refractivity contribution in [2.45, 2.75) is 69.9 Å². The number of nitrogens with zero attached hydrogens (tertiary/aromatic N) is 4. The maximum Gasteiger partial charge on any atom is 0.298 e. The molecule has 5 rings (SSSR count). The molecule has 0 unspecified atom stereocenters. The predicted octanol–water partition coefficient (Wildman–Crippen LogP) is 5.26. The molecule has 3 heterocycles. The molecule has 1 fully saturated rings. The summed E-state index contributed by atoms with van der Waals surface area (Å²) in [6.07, 6.45) is 2.92. The lowest BCUT2D eigenvalue weighted by Gasteiger charge is -2.22. The van der Waals surface area contributed by atoms with Gasteiger partial charge in [0.2, 0.25) is 0 Å². The van der Waals surface area contributed by atoms with Gasteiger partial charge in [0.15, 0.2) is 0 Å². The quantitative estimate of drug-likeness (QED) is 0.479. The van der Waals surface area contributed by atoms with E-state index in [1.54, 1.807) is 24.5 Å². The van der Waals surface area contributed by atoms with Gasteiger partial charge in [0.05, 0.1) is 28.5 Å². The smallest absolute Gasteiger partial charge is 0.298 e. The van der Waals surface area contributed by atoms with Crippen molar-refractivity contribution in [1.82, 2.24) is 14.5 Å². The Hall–Kier alpha value is -3.45. The zero-order valence-corrected chi connectivity index (χ0v) is 20.8. The zero-order chi connectivity index (χ0) is 26.4. The molecule has 1 saturated carbocycles.